The largest absolute Gasteiger partial charge is 0.385 e. The van der Waals surface area contributed by atoms with Gasteiger partial charge in [0.25, 0.3) is 0 Å². The van der Waals surface area contributed by atoms with E-state index in [1.807, 2.05) is 44.2 Å². The highest BCUT2D eigenvalue weighted by Gasteiger charge is 2.38. The molecule has 0 saturated carbocycles. The molecule has 110 valence electrons. The van der Waals surface area contributed by atoms with Crippen LogP contribution in [0.3, 0.4) is 0 Å². The molecule has 0 bridgehead atoms. The van der Waals surface area contributed by atoms with Crippen molar-refractivity contribution >= 4 is 0 Å². The van der Waals surface area contributed by atoms with Crippen LogP contribution < -0.4 is 0 Å². The normalized spacial score (nSPS) is 29.3. The molecule has 1 aliphatic heterocycles. The second kappa shape index (κ2) is 5.63. The lowest BCUT2D eigenvalue weighted by molar-refractivity contribution is -0.135. The summed E-state index contributed by atoms with van der Waals surface area (Å²) >= 11 is 0. The molecule has 2 unspecified atom stereocenters. The van der Waals surface area contributed by atoms with E-state index in [2.05, 4.69) is 24.3 Å². The molecule has 2 aromatic carbocycles. The highest BCUT2D eigenvalue weighted by atomic mass is 16.5. The predicted octanol–water partition coefficient (Wildman–Crippen LogP) is 4.13. The monoisotopic (exact) mass is 282 g/mol. The lowest BCUT2D eigenvalue weighted by atomic mass is 9.81. The average Bonchev–Trinajstić information content (AvgIpc) is 2.47. The molecule has 3 rings (SSSR count). The zero-order chi connectivity index (χ0) is 14.9. The Morgan fingerprint density at radius 1 is 0.857 bits per heavy atom. The van der Waals surface area contributed by atoms with Crippen LogP contribution in [0.2, 0.25) is 0 Å². The Bertz CT molecular complexity index is 579. The van der Waals surface area contributed by atoms with Crippen molar-refractivity contribution in [3.8, 4) is 11.1 Å². The highest BCUT2D eigenvalue weighted by Crippen LogP contribution is 2.37. The molecule has 1 aliphatic rings. The highest BCUT2D eigenvalue weighted by molar-refractivity contribution is 5.63. The van der Waals surface area contributed by atoms with Gasteiger partial charge in [0, 0.05) is 12.8 Å². The molecule has 0 amide bonds. The maximum Gasteiger partial charge on any atom is 0.0945 e. The van der Waals surface area contributed by atoms with Crippen molar-refractivity contribution in [2.24, 2.45) is 0 Å². The fourth-order valence-corrected chi connectivity index (χ4v) is 3.37. The maximum atomic E-state index is 11.0. The third kappa shape index (κ3) is 3.02. The maximum absolute atomic E-state index is 11.0. The molecule has 2 nitrogen and oxygen atoms in total. The molecule has 1 fully saturated rings. The number of ether oxygens (including phenoxy) is 1. The first-order valence-electron chi connectivity index (χ1n) is 7.61. The number of rotatable bonds is 2. The summed E-state index contributed by atoms with van der Waals surface area (Å²) in [4.78, 5) is 0. The molecule has 1 heterocycles. The van der Waals surface area contributed by atoms with E-state index in [0.717, 1.165) is 5.56 Å². The number of hydrogen-bond donors (Lipinski definition) is 1. The van der Waals surface area contributed by atoms with Crippen LogP contribution in [0.5, 0.6) is 0 Å². The van der Waals surface area contributed by atoms with E-state index < -0.39 is 5.60 Å². The van der Waals surface area contributed by atoms with Crippen molar-refractivity contribution in [3.05, 3.63) is 60.2 Å². The van der Waals surface area contributed by atoms with Gasteiger partial charge >= 0.3 is 0 Å². The van der Waals surface area contributed by atoms with E-state index in [-0.39, 0.29) is 12.2 Å². The molecule has 2 atom stereocenters. The standard InChI is InChI=1S/C19H22O2/c1-14-12-19(20,13-15(2)21-14)18-10-8-17(9-11-18)16-6-4-3-5-7-16/h3-11,14-15,20H,12-13H2,1-2H3. The summed E-state index contributed by atoms with van der Waals surface area (Å²) in [6.45, 7) is 4.05. The van der Waals surface area contributed by atoms with Gasteiger partial charge in [-0.2, -0.15) is 0 Å². The zero-order valence-electron chi connectivity index (χ0n) is 12.6. The van der Waals surface area contributed by atoms with Crippen LogP contribution in [0.15, 0.2) is 54.6 Å². The van der Waals surface area contributed by atoms with E-state index >= 15 is 0 Å². The first-order valence-corrected chi connectivity index (χ1v) is 7.61. The van der Waals surface area contributed by atoms with Gasteiger partial charge in [-0.25, -0.2) is 0 Å². The third-order valence-electron chi connectivity index (χ3n) is 4.24. The van der Waals surface area contributed by atoms with Crippen LogP contribution >= 0.6 is 0 Å². The summed E-state index contributed by atoms with van der Waals surface area (Å²) < 4.78 is 5.74. The van der Waals surface area contributed by atoms with E-state index in [0.29, 0.717) is 12.8 Å². The fraction of sp³-hybridized carbons (Fsp3) is 0.368. The molecular formula is C19H22O2. The predicted molar refractivity (Wildman–Crippen MR) is 85.0 cm³/mol. The first kappa shape index (κ1) is 14.3. The molecule has 0 spiro atoms. The van der Waals surface area contributed by atoms with Crippen LogP contribution in [-0.2, 0) is 10.3 Å². The minimum atomic E-state index is -0.772. The smallest absolute Gasteiger partial charge is 0.0945 e. The minimum absolute atomic E-state index is 0.0903. The lowest BCUT2D eigenvalue weighted by Crippen LogP contribution is -2.41. The first-order chi connectivity index (χ1) is 10.1. The molecule has 0 aromatic heterocycles. The molecule has 21 heavy (non-hydrogen) atoms. The topological polar surface area (TPSA) is 29.5 Å². The second-order valence-electron chi connectivity index (χ2n) is 6.14. The second-order valence-corrected chi connectivity index (χ2v) is 6.14. The van der Waals surface area contributed by atoms with Gasteiger partial charge in [0.1, 0.15) is 0 Å². The quantitative estimate of drug-likeness (QED) is 0.897. The summed E-state index contributed by atoms with van der Waals surface area (Å²) in [6, 6.07) is 18.6. The average molecular weight is 282 g/mol. The molecule has 1 N–H and O–H groups in total. The summed E-state index contributed by atoms with van der Waals surface area (Å²) in [7, 11) is 0. The number of aliphatic hydroxyl groups is 1. The molecule has 0 aliphatic carbocycles. The summed E-state index contributed by atoms with van der Waals surface area (Å²) in [5.41, 5.74) is 2.59. The van der Waals surface area contributed by atoms with Crippen LogP contribution in [0, 0.1) is 0 Å². The van der Waals surface area contributed by atoms with Crippen LogP contribution in [0.25, 0.3) is 11.1 Å². The molecule has 2 aromatic rings. The molecule has 1 saturated heterocycles. The van der Waals surface area contributed by atoms with E-state index in [9.17, 15) is 5.11 Å². The Kier molecular flexibility index (Phi) is 3.83. The van der Waals surface area contributed by atoms with Crippen molar-refractivity contribution in [3.63, 3.8) is 0 Å². The molecule has 0 radical (unpaired) electrons. The Labute approximate surface area is 126 Å². The SMILES string of the molecule is CC1CC(O)(c2ccc(-c3ccccc3)cc2)CC(C)O1. The fourth-order valence-electron chi connectivity index (χ4n) is 3.37. The van der Waals surface area contributed by atoms with Gasteiger partial charge < -0.3 is 9.84 Å². The molecular weight excluding hydrogens is 260 g/mol. The van der Waals surface area contributed by atoms with Gasteiger partial charge in [-0.15, -0.1) is 0 Å². The van der Waals surface area contributed by atoms with Gasteiger partial charge in [-0.3, -0.25) is 0 Å². The Morgan fingerprint density at radius 2 is 1.38 bits per heavy atom. The Morgan fingerprint density at radius 3 is 1.95 bits per heavy atom. The summed E-state index contributed by atoms with van der Waals surface area (Å²) in [5, 5.41) is 11.0. The van der Waals surface area contributed by atoms with Crippen LogP contribution in [-0.4, -0.2) is 17.3 Å². The van der Waals surface area contributed by atoms with Gasteiger partial charge in [-0.1, -0.05) is 54.6 Å². The minimum Gasteiger partial charge on any atom is -0.385 e. The Balaban J connectivity index is 1.87. The van der Waals surface area contributed by atoms with Crippen molar-refractivity contribution in [1.82, 2.24) is 0 Å². The lowest BCUT2D eigenvalue weighted by Gasteiger charge is -2.39. The zero-order valence-corrected chi connectivity index (χ0v) is 12.6. The third-order valence-corrected chi connectivity index (χ3v) is 4.24. The van der Waals surface area contributed by atoms with E-state index in [1.165, 1.54) is 11.1 Å². The van der Waals surface area contributed by atoms with Gasteiger partial charge in [0.2, 0.25) is 0 Å². The van der Waals surface area contributed by atoms with E-state index in [1.54, 1.807) is 0 Å². The van der Waals surface area contributed by atoms with Gasteiger partial charge in [-0.05, 0) is 30.5 Å². The van der Waals surface area contributed by atoms with Crippen molar-refractivity contribution in [2.45, 2.75) is 44.5 Å². The number of benzene rings is 2. The van der Waals surface area contributed by atoms with Gasteiger partial charge in [0.15, 0.2) is 0 Å². The molecule has 2 heteroatoms. The van der Waals surface area contributed by atoms with Crippen molar-refractivity contribution in [1.29, 1.82) is 0 Å². The van der Waals surface area contributed by atoms with Crippen molar-refractivity contribution in [2.75, 3.05) is 0 Å². The van der Waals surface area contributed by atoms with Gasteiger partial charge in [0.05, 0.1) is 17.8 Å². The van der Waals surface area contributed by atoms with Crippen molar-refractivity contribution < 1.29 is 9.84 Å². The number of hydrogen-bond acceptors (Lipinski definition) is 2. The van der Waals surface area contributed by atoms with Crippen LogP contribution in [0.1, 0.15) is 32.3 Å². The van der Waals surface area contributed by atoms with E-state index in [4.69, 9.17) is 4.74 Å². The van der Waals surface area contributed by atoms with Crippen LogP contribution in [0.4, 0.5) is 0 Å². The summed E-state index contributed by atoms with van der Waals surface area (Å²) in [5.74, 6) is 0. The summed E-state index contributed by atoms with van der Waals surface area (Å²) in [6.07, 6.45) is 1.49. The Hall–Kier alpha value is -1.64.